The maximum atomic E-state index is 12.5. The third kappa shape index (κ3) is 3.52. The van der Waals surface area contributed by atoms with Crippen molar-refractivity contribution in [3.63, 3.8) is 0 Å². The molecular weight excluding hydrogens is 390 g/mol. The fraction of sp³-hybridized carbons (Fsp3) is 0.0909. The zero-order valence-corrected chi connectivity index (χ0v) is 16.1. The molecule has 146 valence electrons. The molecule has 0 radical (unpaired) electrons. The highest BCUT2D eigenvalue weighted by Crippen LogP contribution is 2.29. The first-order valence-electron chi connectivity index (χ1n) is 8.97. The van der Waals surface area contributed by atoms with Crippen LogP contribution in [0.3, 0.4) is 0 Å². The van der Waals surface area contributed by atoms with Crippen LogP contribution in [0.4, 0.5) is 0 Å². The minimum atomic E-state index is -3.90. The number of benzene rings is 3. The Morgan fingerprint density at radius 1 is 0.828 bits per heavy atom. The van der Waals surface area contributed by atoms with Crippen LogP contribution in [0.1, 0.15) is 20.7 Å². The van der Waals surface area contributed by atoms with Crippen molar-refractivity contribution in [2.24, 2.45) is 0 Å². The van der Waals surface area contributed by atoms with E-state index in [1.165, 1.54) is 12.1 Å². The second-order valence-corrected chi connectivity index (χ2v) is 8.29. The van der Waals surface area contributed by atoms with Crippen LogP contribution in [0.2, 0.25) is 0 Å². The molecule has 7 heteroatoms. The van der Waals surface area contributed by atoms with E-state index >= 15 is 0 Å². The Kier molecular flexibility index (Phi) is 4.90. The van der Waals surface area contributed by atoms with Crippen LogP contribution in [0, 0.1) is 0 Å². The summed E-state index contributed by atoms with van der Waals surface area (Å²) in [6.07, 6.45) is 0. The van der Waals surface area contributed by atoms with Gasteiger partial charge in [-0.2, -0.15) is 0 Å². The van der Waals surface area contributed by atoms with Crippen molar-refractivity contribution in [3.8, 4) is 11.1 Å². The fourth-order valence-electron chi connectivity index (χ4n) is 3.19. The van der Waals surface area contributed by atoms with E-state index < -0.39 is 21.9 Å². The van der Waals surface area contributed by atoms with Gasteiger partial charge in [0, 0.05) is 0 Å². The Labute approximate surface area is 168 Å². The average Bonchev–Trinajstić information content (AvgIpc) is 2.95. The predicted molar refractivity (Wildman–Crippen MR) is 107 cm³/mol. The molecule has 3 aromatic carbocycles. The van der Waals surface area contributed by atoms with Crippen molar-refractivity contribution in [2.75, 3.05) is 13.2 Å². The molecule has 0 fully saturated rings. The van der Waals surface area contributed by atoms with Gasteiger partial charge in [0.2, 0.25) is 0 Å². The molecule has 1 aliphatic rings. The van der Waals surface area contributed by atoms with Gasteiger partial charge in [-0.25, -0.2) is 17.5 Å². The average molecular weight is 407 g/mol. The standard InChI is InChI=1S/C22H17NO5S/c24-21-19-8-4-5-9-20(19)29(26,27)23(21)14-15-28-22(25)18-12-10-17(11-13-18)16-6-2-1-3-7-16/h1-13H,14-15H2. The van der Waals surface area contributed by atoms with E-state index in [9.17, 15) is 18.0 Å². The molecule has 4 rings (SSSR count). The molecule has 0 atom stereocenters. The molecule has 29 heavy (non-hydrogen) atoms. The van der Waals surface area contributed by atoms with Gasteiger partial charge in [-0.05, 0) is 35.4 Å². The summed E-state index contributed by atoms with van der Waals surface area (Å²) in [5, 5.41) is 0. The number of esters is 1. The minimum Gasteiger partial charge on any atom is -0.460 e. The molecule has 6 nitrogen and oxygen atoms in total. The number of sulfonamides is 1. The largest absolute Gasteiger partial charge is 0.460 e. The maximum absolute atomic E-state index is 12.5. The summed E-state index contributed by atoms with van der Waals surface area (Å²) in [6.45, 7) is -0.456. The van der Waals surface area contributed by atoms with Crippen LogP contribution in [0.15, 0.2) is 83.8 Å². The van der Waals surface area contributed by atoms with Gasteiger partial charge in [0.25, 0.3) is 15.9 Å². The van der Waals surface area contributed by atoms with E-state index in [0.717, 1.165) is 15.4 Å². The lowest BCUT2D eigenvalue weighted by molar-refractivity contribution is 0.0478. The van der Waals surface area contributed by atoms with Crippen molar-refractivity contribution in [1.82, 2.24) is 4.31 Å². The van der Waals surface area contributed by atoms with Gasteiger partial charge < -0.3 is 4.74 Å². The fourth-order valence-corrected chi connectivity index (χ4v) is 4.74. The lowest BCUT2D eigenvalue weighted by atomic mass is 10.0. The van der Waals surface area contributed by atoms with Gasteiger partial charge in [-0.1, -0.05) is 54.6 Å². The second-order valence-electron chi connectivity index (χ2n) is 6.46. The SMILES string of the molecule is O=C(OCCN1C(=O)c2ccccc2S1(=O)=O)c1ccc(-c2ccccc2)cc1. The Morgan fingerprint density at radius 3 is 2.14 bits per heavy atom. The first-order chi connectivity index (χ1) is 14.0. The number of hydrogen-bond acceptors (Lipinski definition) is 5. The molecule has 0 saturated heterocycles. The monoisotopic (exact) mass is 407 g/mol. The number of rotatable bonds is 5. The molecule has 0 unspecified atom stereocenters. The number of amides is 1. The number of nitrogens with zero attached hydrogens (tertiary/aromatic N) is 1. The zero-order valence-electron chi connectivity index (χ0n) is 15.3. The van der Waals surface area contributed by atoms with Crippen LogP contribution >= 0.6 is 0 Å². The number of carbonyl (C=O) groups excluding carboxylic acids is 2. The molecule has 0 aliphatic carbocycles. The number of carbonyl (C=O) groups is 2. The lowest BCUT2D eigenvalue weighted by Crippen LogP contribution is -2.33. The van der Waals surface area contributed by atoms with E-state index in [1.54, 1.807) is 24.3 Å². The van der Waals surface area contributed by atoms with Gasteiger partial charge >= 0.3 is 5.97 Å². The predicted octanol–water partition coefficient (Wildman–Crippen LogP) is 3.36. The molecule has 0 bridgehead atoms. The smallest absolute Gasteiger partial charge is 0.338 e. The topological polar surface area (TPSA) is 80.8 Å². The normalized spacial score (nSPS) is 14.5. The summed E-state index contributed by atoms with van der Waals surface area (Å²) in [7, 11) is -3.90. The Morgan fingerprint density at radius 2 is 1.45 bits per heavy atom. The van der Waals surface area contributed by atoms with Gasteiger partial charge in [-0.3, -0.25) is 4.79 Å². The van der Waals surface area contributed by atoms with E-state index in [2.05, 4.69) is 0 Å². The molecule has 0 aromatic heterocycles. The molecule has 3 aromatic rings. The highest BCUT2D eigenvalue weighted by Gasteiger charge is 2.40. The summed E-state index contributed by atoms with van der Waals surface area (Å²) in [5.74, 6) is -1.19. The first-order valence-corrected chi connectivity index (χ1v) is 10.4. The van der Waals surface area contributed by atoms with Crippen molar-refractivity contribution >= 4 is 21.9 Å². The molecular formula is C22H17NO5S. The van der Waals surface area contributed by atoms with Crippen molar-refractivity contribution in [3.05, 3.63) is 90.0 Å². The van der Waals surface area contributed by atoms with Crippen molar-refractivity contribution in [2.45, 2.75) is 4.90 Å². The van der Waals surface area contributed by atoms with E-state index in [-0.39, 0.29) is 23.6 Å². The van der Waals surface area contributed by atoms with Gasteiger partial charge in [0.1, 0.15) is 11.5 Å². The minimum absolute atomic E-state index is 0.0205. The first kappa shape index (κ1) is 18.9. The van der Waals surface area contributed by atoms with Crippen molar-refractivity contribution in [1.29, 1.82) is 0 Å². The summed E-state index contributed by atoms with van der Waals surface area (Å²) >= 11 is 0. The van der Waals surface area contributed by atoms with Crippen LogP contribution in [0.5, 0.6) is 0 Å². The van der Waals surface area contributed by atoms with Gasteiger partial charge in [0.05, 0.1) is 17.7 Å². The second kappa shape index (κ2) is 7.52. The summed E-state index contributed by atoms with van der Waals surface area (Å²) in [4.78, 5) is 24.6. The zero-order chi connectivity index (χ0) is 20.4. The molecule has 0 saturated carbocycles. The summed E-state index contributed by atoms with van der Waals surface area (Å²) < 4.78 is 30.9. The van der Waals surface area contributed by atoms with Crippen LogP contribution in [-0.4, -0.2) is 37.8 Å². The molecule has 1 amide bonds. The number of hydrogen-bond donors (Lipinski definition) is 0. The number of ether oxygens (including phenoxy) is 1. The highest BCUT2D eigenvalue weighted by molar-refractivity contribution is 7.90. The maximum Gasteiger partial charge on any atom is 0.338 e. The number of fused-ring (bicyclic) bond motifs is 1. The van der Waals surface area contributed by atoms with Gasteiger partial charge in [-0.15, -0.1) is 0 Å². The van der Waals surface area contributed by atoms with Crippen molar-refractivity contribution < 1.29 is 22.7 Å². The Balaban J connectivity index is 1.39. The van der Waals surface area contributed by atoms with Gasteiger partial charge in [0.15, 0.2) is 0 Å². The molecule has 1 aliphatic heterocycles. The van der Waals surface area contributed by atoms with E-state index in [1.807, 2.05) is 42.5 Å². The summed E-state index contributed by atoms with van der Waals surface area (Å²) in [6, 6.07) is 22.7. The Bertz CT molecular complexity index is 1170. The van der Waals surface area contributed by atoms with E-state index in [0.29, 0.717) is 5.56 Å². The quantitative estimate of drug-likeness (QED) is 0.606. The summed E-state index contributed by atoms with van der Waals surface area (Å²) in [5.41, 5.74) is 2.48. The van der Waals surface area contributed by atoms with Crippen LogP contribution in [-0.2, 0) is 14.8 Å². The molecule has 1 heterocycles. The van der Waals surface area contributed by atoms with Crippen LogP contribution in [0.25, 0.3) is 11.1 Å². The third-order valence-electron chi connectivity index (χ3n) is 4.67. The third-order valence-corrected chi connectivity index (χ3v) is 6.51. The molecule has 0 spiro atoms. The highest BCUT2D eigenvalue weighted by atomic mass is 32.2. The van der Waals surface area contributed by atoms with Crippen LogP contribution < -0.4 is 0 Å². The lowest BCUT2D eigenvalue weighted by Gasteiger charge is -2.15. The molecule has 0 N–H and O–H groups in total. The Hall–Kier alpha value is -3.45. The van der Waals surface area contributed by atoms with E-state index in [4.69, 9.17) is 4.74 Å².